The molecule has 0 aromatic heterocycles. The van der Waals surface area contributed by atoms with E-state index in [4.69, 9.17) is 4.74 Å². The van der Waals surface area contributed by atoms with Gasteiger partial charge in [0.25, 0.3) is 5.91 Å². The average Bonchev–Trinajstić information content (AvgIpc) is 2.62. The van der Waals surface area contributed by atoms with Crippen molar-refractivity contribution in [3.8, 4) is 5.75 Å². The highest BCUT2D eigenvalue weighted by molar-refractivity contribution is 9.10. The standard InChI is InChI=1S/C19H14BrF3N2O2/c20-13-5-6-16-11(8-13)7-12(9-27-16)17-24-15-4-2-1-3-14(15)18(26)25(17)10-19(21,22)23/h1-8,17,24H,9-10H2/t17-/m0/s1. The third kappa shape index (κ3) is 3.53. The maximum absolute atomic E-state index is 13.1. The molecule has 4 nitrogen and oxygen atoms in total. The van der Waals surface area contributed by atoms with Gasteiger partial charge in [0.15, 0.2) is 0 Å². The number of fused-ring (bicyclic) bond motifs is 2. The molecule has 0 fully saturated rings. The van der Waals surface area contributed by atoms with Gasteiger partial charge in [-0.1, -0.05) is 28.1 Å². The van der Waals surface area contributed by atoms with E-state index in [9.17, 15) is 18.0 Å². The van der Waals surface area contributed by atoms with Crippen molar-refractivity contribution >= 4 is 33.6 Å². The van der Waals surface area contributed by atoms with Gasteiger partial charge in [0.2, 0.25) is 0 Å². The summed E-state index contributed by atoms with van der Waals surface area (Å²) in [7, 11) is 0. The molecule has 27 heavy (non-hydrogen) atoms. The van der Waals surface area contributed by atoms with Crippen LogP contribution in [-0.4, -0.2) is 36.3 Å². The summed E-state index contributed by atoms with van der Waals surface area (Å²) in [5, 5.41) is 3.06. The first kappa shape index (κ1) is 17.9. The van der Waals surface area contributed by atoms with E-state index in [2.05, 4.69) is 21.2 Å². The molecule has 0 aliphatic carbocycles. The van der Waals surface area contributed by atoms with E-state index >= 15 is 0 Å². The summed E-state index contributed by atoms with van der Waals surface area (Å²) in [6.45, 7) is -1.25. The first-order valence-corrected chi connectivity index (χ1v) is 8.97. The number of para-hydroxylation sites is 1. The van der Waals surface area contributed by atoms with Crippen LogP contribution in [0.3, 0.4) is 0 Å². The van der Waals surface area contributed by atoms with E-state index in [0.717, 1.165) is 14.9 Å². The third-order valence-electron chi connectivity index (χ3n) is 4.43. The molecule has 1 amide bonds. The number of ether oxygens (including phenoxy) is 1. The predicted molar refractivity (Wildman–Crippen MR) is 98.6 cm³/mol. The Hall–Kier alpha value is -2.48. The normalized spacial score (nSPS) is 18.8. The molecule has 1 atom stereocenters. The summed E-state index contributed by atoms with van der Waals surface area (Å²) < 4.78 is 46.0. The molecule has 140 valence electrons. The van der Waals surface area contributed by atoms with Gasteiger partial charge in [0, 0.05) is 21.3 Å². The van der Waals surface area contributed by atoms with Crippen LogP contribution in [0.25, 0.3) is 6.08 Å². The Bertz CT molecular complexity index is 943. The van der Waals surface area contributed by atoms with Gasteiger partial charge in [0.05, 0.1) is 5.56 Å². The Morgan fingerprint density at radius 2 is 2.00 bits per heavy atom. The fraction of sp³-hybridized carbons (Fsp3) is 0.211. The van der Waals surface area contributed by atoms with Gasteiger partial charge in [-0.05, 0) is 36.4 Å². The molecule has 1 N–H and O–H groups in total. The number of benzene rings is 2. The Kier molecular flexibility index (Phi) is 4.38. The van der Waals surface area contributed by atoms with Crippen LogP contribution in [0, 0.1) is 0 Å². The lowest BCUT2D eigenvalue weighted by atomic mass is 10.0. The molecular formula is C19H14BrF3N2O2. The molecule has 0 unspecified atom stereocenters. The second-order valence-corrected chi connectivity index (χ2v) is 7.25. The number of nitrogens with one attached hydrogen (secondary N) is 1. The number of carbonyl (C=O) groups excluding carboxylic acids is 1. The second-order valence-electron chi connectivity index (χ2n) is 6.33. The molecule has 4 rings (SSSR count). The fourth-order valence-electron chi connectivity index (χ4n) is 3.27. The van der Waals surface area contributed by atoms with Crippen LogP contribution in [0.5, 0.6) is 5.75 Å². The Morgan fingerprint density at radius 1 is 1.22 bits per heavy atom. The van der Waals surface area contributed by atoms with E-state index < -0.39 is 24.8 Å². The van der Waals surface area contributed by atoms with Crippen LogP contribution in [0.4, 0.5) is 18.9 Å². The van der Waals surface area contributed by atoms with Crippen molar-refractivity contribution < 1.29 is 22.7 Å². The van der Waals surface area contributed by atoms with Gasteiger partial charge in [0.1, 0.15) is 25.1 Å². The molecule has 8 heteroatoms. The smallest absolute Gasteiger partial charge is 0.406 e. The van der Waals surface area contributed by atoms with Crippen molar-refractivity contribution in [1.82, 2.24) is 4.90 Å². The SMILES string of the molecule is O=C1c2ccccc2N[C@H](C2=Cc3cc(Br)ccc3OC2)N1CC(F)(F)F. The van der Waals surface area contributed by atoms with Crippen LogP contribution >= 0.6 is 15.9 Å². The summed E-state index contributed by atoms with van der Waals surface area (Å²) in [6, 6.07) is 12.0. The van der Waals surface area contributed by atoms with Crippen molar-refractivity contribution in [2.45, 2.75) is 12.3 Å². The lowest BCUT2D eigenvalue weighted by Gasteiger charge is -2.40. The van der Waals surface area contributed by atoms with Crippen LogP contribution in [-0.2, 0) is 0 Å². The monoisotopic (exact) mass is 438 g/mol. The predicted octanol–water partition coefficient (Wildman–Crippen LogP) is 4.68. The zero-order valence-electron chi connectivity index (χ0n) is 13.9. The zero-order valence-corrected chi connectivity index (χ0v) is 15.5. The molecule has 0 saturated heterocycles. The largest absolute Gasteiger partial charge is 0.488 e. The van der Waals surface area contributed by atoms with E-state index in [1.54, 1.807) is 30.3 Å². The number of halogens is 4. The van der Waals surface area contributed by atoms with Gasteiger partial charge in [-0.15, -0.1) is 0 Å². The maximum Gasteiger partial charge on any atom is 0.406 e. The summed E-state index contributed by atoms with van der Waals surface area (Å²) in [6.07, 6.45) is -3.69. The molecule has 0 saturated carbocycles. The first-order chi connectivity index (χ1) is 12.8. The topological polar surface area (TPSA) is 41.6 Å². The molecular weight excluding hydrogens is 425 g/mol. The minimum Gasteiger partial charge on any atom is -0.488 e. The summed E-state index contributed by atoms with van der Waals surface area (Å²) in [5.74, 6) is -0.0144. The molecule has 2 heterocycles. The summed E-state index contributed by atoms with van der Waals surface area (Å²) >= 11 is 3.38. The highest BCUT2D eigenvalue weighted by Gasteiger charge is 2.41. The highest BCUT2D eigenvalue weighted by Crippen LogP contribution is 2.35. The number of nitrogens with zero attached hydrogens (tertiary/aromatic N) is 1. The molecule has 0 spiro atoms. The molecule has 2 aliphatic heterocycles. The second kappa shape index (κ2) is 6.60. The molecule has 2 aromatic carbocycles. The Balaban J connectivity index is 1.76. The van der Waals surface area contributed by atoms with Crippen molar-refractivity contribution in [2.24, 2.45) is 0 Å². The fourth-order valence-corrected chi connectivity index (χ4v) is 3.64. The quantitative estimate of drug-likeness (QED) is 0.739. The van der Waals surface area contributed by atoms with Crippen LogP contribution in [0.2, 0.25) is 0 Å². The van der Waals surface area contributed by atoms with Crippen LogP contribution < -0.4 is 10.1 Å². The summed E-state index contributed by atoms with van der Waals surface area (Å²) in [4.78, 5) is 13.6. The lowest BCUT2D eigenvalue weighted by molar-refractivity contribution is -0.143. The number of carbonyl (C=O) groups is 1. The van der Waals surface area contributed by atoms with Gasteiger partial charge < -0.3 is 15.0 Å². The van der Waals surface area contributed by atoms with Gasteiger partial charge in [-0.25, -0.2) is 0 Å². The van der Waals surface area contributed by atoms with Gasteiger partial charge >= 0.3 is 6.18 Å². The molecule has 2 aliphatic rings. The van der Waals surface area contributed by atoms with Gasteiger partial charge in [-0.3, -0.25) is 4.79 Å². The van der Waals surface area contributed by atoms with E-state index in [0.29, 0.717) is 17.0 Å². The highest BCUT2D eigenvalue weighted by atomic mass is 79.9. The van der Waals surface area contributed by atoms with E-state index in [-0.39, 0.29) is 12.2 Å². The Labute approximate surface area is 161 Å². The van der Waals surface area contributed by atoms with Crippen molar-refractivity contribution in [1.29, 1.82) is 0 Å². The zero-order chi connectivity index (χ0) is 19.2. The lowest BCUT2D eigenvalue weighted by Crippen LogP contribution is -2.53. The maximum atomic E-state index is 13.1. The number of alkyl halides is 3. The first-order valence-electron chi connectivity index (χ1n) is 8.18. The summed E-state index contributed by atoms with van der Waals surface area (Å²) in [5.41, 5.74) is 2.02. The third-order valence-corrected chi connectivity index (χ3v) is 4.92. The van der Waals surface area contributed by atoms with Crippen molar-refractivity contribution in [3.63, 3.8) is 0 Å². The molecule has 0 radical (unpaired) electrons. The van der Waals surface area contributed by atoms with E-state index in [1.807, 2.05) is 12.1 Å². The minimum absolute atomic E-state index is 0.0934. The number of hydrogen-bond acceptors (Lipinski definition) is 3. The van der Waals surface area contributed by atoms with Gasteiger partial charge in [-0.2, -0.15) is 13.2 Å². The minimum atomic E-state index is -4.51. The van der Waals surface area contributed by atoms with Crippen LogP contribution in [0.1, 0.15) is 15.9 Å². The number of amides is 1. The molecule has 2 aromatic rings. The average molecular weight is 439 g/mol. The van der Waals surface area contributed by atoms with Crippen molar-refractivity contribution in [3.05, 3.63) is 63.6 Å². The number of hydrogen-bond donors (Lipinski definition) is 1. The van der Waals surface area contributed by atoms with Crippen LogP contribution in [0.15, 0.2) is 52.5 Å². The number of rotatable bonds is 2. The number of anilines is 1. The van der Waals surface area contributed by atoms with Crippen molar-refractivity contribution in [2.75, 3.05) is 18.5 Å². The molecule has 0 bridgehead atoms. The Morgan fingerprint density at radius 3 is 2.78 bits per heavy atom. The van der Waals surface area contributed by atoms with E-state index in [1.165, 1.54) is 6.07 Å².